The van der Waals surface area contributed by atoms with Gasteiger partial charge in [0.25, 0.3) is 0 Å². The summed E-state index contributed by atoms with van der Waals surface area (Å²) < 4.78 is 0. The first-order valence-corrected chi connectivity index (χ1v) is 4.77. The minimum Gasteiger partial charge on any atom is -0.353 e. The van der Waals surface area contributed by atoms with Gasteiger partial charge in [0.1, 0.15) is 0 Å². The molecule has 2 heteroatoms. The summed E-state index contributed by atoms with van der Waals surface area (Å²) in [5, 5.41) is 0. The van der Waals surface area contributed by atoms with Crippen molar-refractivity contribution in [3.63, 3.8) is 0 Å². The summed E-state index contributed by atoms with van der Waals surface area (Å²) in [6.07, 6.45) is 4.16. The van der Waals surface area contributed by atoms with E-state index in [4.69, 9.17) is 7.98 Å². The molecule has 2 unspecified atom stereocenters. The Bertz CT molecular complexity index is 140. The van der Waals surface area contributed by atoms with Crippen LogP contribution in [0.4, 0.5) is 0 Å². The lowest BCUT2D eigenvalue weighted by Gasteiger charge is -2.29. The molecule has 60 valence electrons. The number of hydrogen-bond acceptors (Lipinski definition) is 1. The van der Waals surface area contributed by atoms with Gasteiger partial charge in [0.2, 0.25) is 0 Å². The fourth-order valence-electron chi connectivity index (χ4n) is 2.36. The summed E-state index contributed by atoms with van der Waals surface area (Å²) in [7, 11) is 5.69. The highest BCUT2D eigenvalue weighted by Gasteiger charge is 2.39. The molecule has 0 aromatic heterocycles. The molecule has 2 fully saturated rings. The van der Waals surface area contributed by atoms with Gasteiger partial charge in [0.15, 0.2) is 7.98 Å². The molecular weight excluding hydrogens is 133 g/mol. The van der Waals surface area contributed by atoms with Crippen molar-refractivity contribution in [1.29, 1.82) is 0 Å². The maximum absolute atomic E-state index is 5.69. The van der Waals surface area contributed by atoms with E-state index >= 15 is 0 Å². The van der Waals surface area contributed by atoms with Crippen molar-refractivity contribution in [3.05, 3.63) is 0 Å². The van der Waals surface area contributed by atoms with E-state index in [9.17, 15) is 0 Å². The summed E-state index contributed by atoms with van der Waals surface area (Å²) in [6, 6.07) is 0. The monoisotopic (exact) mass is 149 g/mol. The third-order valence-electron chi connectivity index (χ3n) is 3.35. The Kier molecular flexibility index (Phi) is 1.96. The Labute approximate surface area is 70.6 Å². The first-order chi connectivity index (χ1) is 5.27. The molecular formula is C9H16BN. The first-order valence-electron chi connectivity index (χ1n) is 4.77. The molecule has 1 saturated heterocycles. The zero-order chi connectivity index (χ0) is 7.84. The molecule has 0 aromatic rings. The van der Waals surface area contributed by atoms with Crippen LogP contribution in [-0.4, -0.2) is 25.9 Å². The lowest BCUT2D eigenvalue weighted by atomic mass is 9.90. The van der Waals surface area contributed by atoms with E-state index in [1.54, 1.807) is 0 Å². The standard InChI is InChI=1S/C9H16BN/c1-7-6-9(7)8-2-4-11(10)5-3-8/h7-9H,2-6H2,1H3. The van der Waals surface area contributed by atoms with Crippen LogP contribution in [0.5, 0.6) is 0 Å². The maximum Gasteiger partial charge on any atom is 0.182 e. The first kappa shape index (κ1) is 7.66. The highest BCUT2D eigenvalue weighted by atomic mass is 15.0. The van der Waals surface area contributed by atoms with Crippen molar-refractivity contribution >= 4 is 7.98 Å². The number of piperidine rings is 1. The molecule has 0 spiro atoms. The van der Waals surface area contributed by atoms with Crippen LogP contribution < -0.4 is 0 Å². The highest BCUT2D eigenvalue weighted by molar-refractivity contribution is 6.04. The van der Waals surface area contributed by atoms with Crippen molar-refractivity contribution in [3.8, 4) is 0 Å². The van der Waals surface area contributed by atoms with Crippen LogP contribution in [0, 0.1) is 17.8 Å². The van der Waals surface area contributed by atoms with Gasteiger partial charge >= 0.3 is 0 Å². The van der Waals surface area contributed by atoms with Gasteiger partial charge in [-0.15, -0.1) is 0 Å². The minimum absolute atomic E-state index is 1.00. The zero-order valence-corrected chi connectivity index (χ0v) is 7.29. The lowest BCUT2D eigenvalue weighted by molar-refractivity contribution is 0.254. The average Bonchev–Trinajstić information content (AvgIpc) is 2.69. The number of nitrogens with zero attached hydrogens (tertiary/aromatic N) is 1. The Morgan fingerprint density at radius 1 is 1.27 bits per heavy atom. The van der Waals surface area contributed by atoms with E-state index in [0.717, 1.165) is 30.8 Å². The van der Waals surface area contributed by atoms with Gasteiger partial charge in [0.05, 0.1) is 0 Å². The molecule has 1 heterocycles. The maximum atomic E-state index is 5.69. The normalized spacial score (nSPS) is 40.8. The molecule has 1 saturated carbocycles. The number of hydrogen-bond donors (Lipinski definition) is 0. The number of rotatable bonds is 1. The van der Waals surface area contributed by atoms with Crippen LogP contribution in [0.25, 0.3) is 0 Å². The zero-order valence-electron chi connectivity index (χ0n) is 7.29. The van der Waals surface area contributed by atoms with Crippen molar-refractivity contribution in [2.75, 3.05) is 13.1 Å². The predicted octanol–water partition coefficient (Wildman–Crippen LogP) is 1.44. The van der Waals surface area contributed by atoms with Crippen LogP contribution in [0.15, 0.2) is 0 Å². The quantitative estimate of drug-likeness (QED) is 0.510. The second kappa shape index (κ2) is 2.82. The third-order valence-corrected chi connectivity index (χ3v) is 3.35. The molecule has 1 nitrogen and oxygen atoms in total. The third kappa shape index (κ3) is 1.61. The van der Waals surface area contributed by atoms with E-state index < -0.39 is 0 Å². The van der Waals surface area contributed by atoms with E-state index in [1.165, 1.54) is 19.3 Å². The van der Waals surface area contributed by atoms with E-state index in [-0.39, 0.29) is 0 Å². The molecule has 2 radical (unpaired) electrons. The van der Waals surface area contributed by atoms with Crippen LogP contribution in [0.3, 0.4) is 0 Å². The fourth-order valence-corrected chi connectivity index (χ4v) is 2.36. The van der Waals surface area contributed by atoms with Crippen LogP contribution >= 0.6 is 0 Å². The average molecular weight is 149 g/mol. The van der Waals surface area contributed by atoms with Gasteiger partial charge < -0.3 is 4.81 Å². The van der Waals surface area contributed by atoms with Crippen LogP contribution in [-0.2, 0) is 0 Å². The topological polar surface area (TPSA) is 3.24 Å². The second-order valence-electron chi connectivity index (χ2n) is 4.25. The molecule has 0 N–H and O–H groups in total. The van der Waals surface area contributed by atoms with Gasteiger partial charge in [0, 0.05) is 0 Å². The molecule has 1 aliphatic carbocycles. The van der Waals surface area contributed by atoms with Gasteiger partial charge in [-0.3, -0.25) is 0 Å². The summed E-state index contributed by atoms with van der Waals surface area (Å²) in [4.78, 5) is 1.96. The summed E-state index contributed by atoms with van der Waals surface area (Å²) >= 11 is 0. The molecule has 2 aliphatic rings. The molecule has 2 atom stereocenters. The second-order valence-corrected chi connectivity index (χ2v) is 4.25. The minimum atomic E-state index is 1.00. The SMILES string of the molecule is [B]N1CCC(C2CC2C)CC1. The van der Waals surface area contributed by atoms with E-state index in [1.807, 2.05) is 4.81 Å². The Morgan fingerprint density at radius 2 is 1.82 bits per heavy atom. The van der Waals surface area contributed by atoms with Crippen molar-refractivity contribution in [2.45, 2.75) is 26.2 Å². The van der Waals surface area contributed by atoms with Crippen molar-refractivity contribution in [1.82, 2.24) is 4.81 Å². The van der Waals surface area contributed by atoms with Crippen LogP contribution in [0.1, 0.15) is 26.2 Å². The summed E-state index contributed by atoms with van der Waals surface area (Å²) in [5.41, 5.74) is 0. The van der Waals surface area contributed by atoms with Gasteiger partial charge in [-0.25, -0.2) is 0 Å². The Morgan fingerprint density at radius 3 is 2.27 bits per heavy atom. The molecule has 0 bridgehead atoms. The highest BCUT2D eigenvalue weighted by Crippen LogP contribution is 2.47. The predicted molar refractivity (Wildman–Crippen MR) is 47.3 cm³/mol. The fraction of sp³-hybridized carbons (Fsp3) is 1.00. The molecule has 2 rings (SSSR count). The van der Waals surface area contributed by atoms with Crippen molar-refractivity contribution < 1.29 is 0 Å². The molecule has 0 aromatic carbocycles. The summed E-state index contributed by atoms with van der Waals surface area (Å²) in [6.45, 7) is 4.61. The van der Waals surface area contributed by atoms with Crippen LogP contribution in [0.2, 0.25) is 0 Å². The largest absolute Gasteiger partial charge is 0.353 e. The van der Waals surface area contributed by atoms with Gasteiger partial charge in [-0.2, -0.15) is 0 Å². The molecule has 1 aliphatic heterocycles. The van der Waals surface area contributed by atoms with E-state index in [2.05, 4.69) is 6.92 Å². The summed E-state index contributed by atoms with van der Waals surface area (Å²) in [5.74, 6) is 3.08. The Balaban J connectivity index is 1.79. The molecule has 0 amide bonds. The smallest absolute Gasteiger partial charge is 0.182 e. The molecule has 11 heavy (non-hydrogen) atoms. The lowest BCUT2D eigenvalue weighted by Crippen LogP contribution is -2.32. The van der Waals surface area contributed by atoms with E-state index in [0.29, 0.717) is 0 Å². The van der Waals surface area contributed by atoms with Gasteiger partial charge in [-0.1, -0.05) is 6.92 Å². The Hall–Kier alpha value is 0.0249. The van der Waals surface area contributed by atoms with Gasteiger partial charge in [-0.05, 0) is 50.1 Å². The van der Waals surface area contributed by atoms with Crippen molar-refractivity contribution in [2.24, 2.45) is 17.8 Å².